The summed E-state index contributed by atoms with van der Waals surface area (Å²) in [4.78, 5) is 0. The Labute approximate surface area is 307 Å². The molecule has 2 nitrogen and oxygen atoms in total. The quantitative estimate of drug-likeness (QED) is 0.168. The lowest BCUT2D eigenvalue weighted by atomic mass is 9.94. The lowest BCUT2D eigenvalue weighted by Crippen LogP contribution is -2.04. The van der Waals surface area contributed by atoms with E-state index in [0.29, 0.717) is 51.4 Å². The van der Waals surface area contributed by atoms with Gasteiger partial charge in [0, 0.05) is 33.3 Å². The molecule has 0 atom stereocenters. The van der Waals surface area contributed by atoms with Crippen molar-refractivity contribution in [3.05, 3.63) is 133 Å². The van der Waals surface area contributed by atoms with Gasteiger partial charge in [-0.15, -0.1) is 0 Å². The van der Waals surface area contributed by atoms with E-state index in [1.54, 1.807) is 45.2 Å². The van der Waals surface area contributed by atoms with E-state index in [1.807, 2.05) is 13.8 Å². The lowest BCUT2D eigenvalue weighted by Gasteiger charge is -2.13. The van der Waals surface area contributed by atoms with E-state index in [0.717, 1.165) is 5.56 Å². The molecule has 4 aromatic carbocycles. The van der Waals surface area contributed by atoms with Gasteiger partial charge in [0.15, 0.2) is 0 Å². The molecule has 0 unspecified atom stereocenters. The Morgan fingerprint density at radius 1 is 0.510 bits per heavy atom. The highest BCUT2D eigenvalue weighted by Gasteiger charge is 2.13. The molecule has 0 radical (unpaired) electrons. The zero-order valence-electron chi connectivity index (χ0n) is 30.7. The average Bonchev–Trinajstić information content (AvgIpc) is 2.97. The van der Waals surface area contributed by atoms with Gasteiger partial charge in [-0.2, -0.15) is 0 Å². The number of rotatable bonds is 8. The number of methoxy groups -OCH3 is 1. The van der Waals surface area contributed by atoms with Gasteiger partial charge in [0.25, 0.3) is 0 Å². The second-order valence-electron chi connectivity index (χ2n) is 12.8. The SMILES string of the molecule is CC(C)c1c(F)cccc1Cl.CC(C)c1c(F)cccc1F.COCCOc1cc(Cl)c(C(C)C)c(Cl)c1.Cc1cccc(C)c1C(C)C. The highest BCUT2D eigenvalue weighted by atomic mass is 35.5. The molecule has 4 rings (SSSR count). The van der Waals surface area contributed by atoms with Gasteiger partial charge in [0.05, 0.1) is 6.61 Å². The molecule has 0 spiro atoms. The molecule has 0 saturated heterocycles. The second-order valence-corrected chi connectivity index (χ2v) is 14.1. The van der Waals surface area contributed by atoms with E-state index in [4.69, 9.17) is 44.3 Å². The minimum absolute atomic E-state index is 0.101. The van der Waals surface area contributed by atoms with E-state index in [9.17, 15) is 13.2 Å². The van der Waals surface area contributed by atoms with Crippen molar-refractivity contribution in [2.75, 3.05) is 20.3 Å². The summed E-state index contributed by atoms with van der Waals surface area (Å²) in [7, 11) is 1.63. The van der Waals surface area contributed by atoms with Gasteiger partial charge in [0.1, 0.15) is 29.8 Å². The topological polar surface area (TPSA) is 18.5 Å². The number of halogens is 6. The van der Waals surface area contributed by atoms with Gasteiger partial charge in [-0.25, -0.2) is 13.2 Å². The van der Waals surface area contributed by atoms with Gasteiger partial charge in [0.2, 0.25) is 0 Å². The third-order valence-corrected chi connectivity index (χ3v) is 8.41. The Bertz CT molecular complexity index is 1370. The Morgan fingerprint density at radius 2 is 0.898 bits per heavy atom. The van der Waals surface area contributed by atoms with Gasteiger partial charge < -0.3 is 9.47 Å². The fraction of sp³-hybridized carbons (Fsp3) is 0.415. The molecule has 0 aliphatic carbocycles. The van der Waals surface area contributed by atoms with Crippen molar-refractivity contribution < 1.29 is 22.6 Å². The highest BCUT2D eigenvalue weighted by Crippen LogP contribution is 2.35. The number of aryl methyl sites for hydroxylation is 2. The minimum Gasteiger partial charge on any atom is -0.491 e. The summed E-state index contributed by atoms with van der Waals surface area (Å²) in [5, 5.41) is 1.81. The van der Waals surface area contributed by atoms with Crippen LogP contribution in [0.2, 0.25) is 15.1 Å². The third-order valence-electron chi connectivity index (χ3n) is 7.46. The number of ether oxygens (including phenoxy) is 2. The van der Waals surface area contributed by atoms with Crippen molar-refractivity contribution in [3.8, 4) is 5.75 Å². The van der Waals surface area contributed by atoms with Crippen LogP contribution in [0.3, 0.4) is 0 Å². The summed E-state index contributed by atoms with van der Waals surface area (Å²) in [6.07, 6.45) is 0. The molecule has 4 aromatic rings. The van der Waals surface area contributed by atoms with Crippen molar-refractivity contribution in [1.29, 1.82) is 0 Å². The molecule has 8 heteroatoms. The summed E-state index contributed by atoms with van der Waals surface area (Å²) >= 11 is 18.1. The first-order valence-electron chi connectivity index (χ1n) is 16.5. The maximum atomic E-state index is 13.0. The first-order valence-corrected chi connectivity index (χ1v) is 17.6. The Morgan fingerprint density at radius 3 is 1.22 bits per heavy atom. The molecule has 0 fully saturated rings. The smallest absolute Gasteiger partial charge is 0.129 e. The summed E-state index contributed by atoms with van der Waals surface area (Å²) in [5.41, 5.74) is 6.08. The average molecular weight is 740 g/mol. The first kappa shape index (κ1) is 44.3. The van der Waals surface area contributed by atoms with Crippen LogP contribution >= 0.6 is 34.8 Å². The van der Waals surface area contributed by atoms with Crippen LogP contribution in [0.25, 0.3) is 0 Å². The Balaban J connectivity index is 0.000000332. The molecule has 0 heterocycles. The Hall–Kier alpha value is -2.70. The predicted octanol–water partition coefficient (Wildman–Crippen LogP) is 14.3. The molecular formula is C41H52Cl3F3O2. The van der Waals surface area contributed by atoms with Gasteiger partial charge >= 0.3 is 0 Å². The van der Waals surface area contributed by atoms with Crippen LogP contribution in [-0.4, -0.2) is 20.3 Å². The third kappa shape index (κ3) is 14.6. The van der Waals surface area contributed by atoms with Crippen molar-refractivity contribution in [2.45, 2.75) is 92.9 Å². The van der Waals surface area contributed by atoms with E-state index < -0.39 is 11.6 Å². The molecule has 49 heavy (non-hydrogen) atoms. The normalized spacial score (nSPS) is 10.7. The van der Waals surface area contributed by atoms with Gasteiger partial charge in [-0.3, -0.25) is 0 Å². The van der Waals surface area contributed by atoms with Crippen molar-refractivity contribution in [2.24, 2.45) is 0 Å². The van der Waals surface area contributed by atoms with Crippen LogP contribution in [0.15, 0.2) is 66.7 Å². The molecule has 0 amide bonds. The molecule has 0 N–H and O–H groups in total. The maximum Gasteiger partial charge on any atom is 0.129 e. The van der Waals surface area contributed by atoms with Gasteiger partial charge in [-0.1, -0.05) is 121 Å². The standard InChI is InChI=1S/C12H16Cl2O2.C11H16.C9H10ClF.C9H10F2/c1-8(2)12-10(13)6-9(7-11(12)14)16-5-4-15-3;1-8(2)11-9(3)6-5-7-10(11)4;2*1-6(2)9-7(10)4-3-5-8(9)11/h6-8H,4-5H2,1-3H3;5-8H,1-4H3;2*3-6H,1-2H3. The summed E-state index contributed by atoms with van der Waals surface area (Å²) in [5.74, 6) is 0.535. The zero-order chi connectivity index (χ0) is 37.4. The van der Waals surface area contributed by atoms with E-state index in [1.165, 1.54) is 41.0 Å². The zero-order valence-corrected chi connectivity index (χ0v) is 32.9. The van der Waals surface area contributed by atoms with Crippen LogP contribution in [0.4, 0.5) is 13.2 Å². The van der Waals surface area contributed by atoms with E-state index in [2.05, 4.69) is 59.7 Å². The van der Waals surface area contributed by atoms with Crippen LogP contribution in [-0.2, 0) is 4.74 Å². The highest BCUT2D eigenvalue weighted by molar-refractivity contribution is 6.36. The predicted molar refractivity (Wildman–Crippen MR) is 204 cm³/mol. The van der Waals surface area contributed by atoms with E-state index >= 15 is 0 Å². The molecule has 0 aliphatic heterocycles. The maximum absolute atomic E-state index is 13.0. The van der Waals surface area contributed by atoms with Crippen LogP contribution in [0.5, 0.6) is 5.75 Å². The number of hydrogen-bond acceptors (Lipinski definition) is 2. The second kappa shape index (κ2) is 22.2. The van der Waals surface area contributed by atoms with E-state index in [-0.39, 0.29) is 23.2 Å². The van der Waals surface area contributed by atoms with Crippen molar-refractivity contribution in [1.82, 2.24) is 0 Å². The van der Waals surface area contributed by atoms with Crippen LogP contribution in [0.1, 0.15) is 112 Å². The first-order chi connectivity index (χ1) is 22.9. The molecule has 0 saturated carbocycles. The number of benzene rings is 4. The Kier molecular flexibility index (Phi) is 20.1. The fourth-order valence-corrected chi connectivity index (χ4v) is 6.59. The number of hydrogen-bond donors (Lipinski definition) is 0. The monoisotopic (exact) mass is 738 g/mol. The molecule has 270 valence electrons. The summed E-state index contributed by atoms with van der Waals surface area (Å²) in [6.45, 7) is 21.4. The van der Waals surface area contributed by atoms with Crippen LogP contribution < -0.4 is 4.74 Å². The van der Waals surface area contributed by atoms with Crippen LogP contribution in [0, 0.1) is 31.3 Å². The van der Waals surface area contributed by atoms with Crippen molar-refractivity contribution >= 4 is 34.8 Å². The fourth-order valence-electron chi connectivity index (χ4n) is 5.30. The van der Waals surface area contributed by atoms with Gasteiger partial charge in [-0.05, 0) is 96.2 Å². The minimum atomic E-state index is -0.458. The molecular weight excluding hydrogens is 688 g/mol. The summed E-state index contributed by atoms with van der Waals surface area (Å²) < 4.78 is 49.1. The molecule has 0 bridgehead atoms. The van der Waals surface area contributed by atoms with Crippen molar-refractivity contribution in [3.63, 3.8) is 0 Å². The molecule has 0 aromatic heterocycles. The largest absolute Gasteiger partial charge is 0.491 e. The lowest BCUT2D eigenvalue weighted by molar-refractivity contribution is 0.146. The summed E-state index contributed by atoms with van der Waals surface area (Å²) in [6, 6.07) is 18.7. The molecule has 0 aliphatic rings.